The largest absolute Gasteiger partial charge is 0.508 e. The van der Waals surface area contributed by atoms with E-state index in [-0.39, 0.29) is 23.2 Å². The molecule has 3 nitrogen and oxygen atoms in total. The van der Waals surface area contributed by atoms with Gasteiger partial charge in [-0.05, 0) is 11.6 Å². The number of methoxy groups -OCH3 is 1. The van der Waals surface area contributed by atoms with Crippen LogP contribution >= 0.6 is 0 Å². The molecule has 0 bridgehead atoms. The Hall–Kier alpha value is -2.42. The van der Waals surface area contributed by atoms with Crippen LogP contribution in [0.3, 0.4) is 0 Å². The molecule has 0 aliphatic rings. The van der Waals surface area contributed by atoms with E-state index in [4.69, 9.17) is 4.74 Å². The van der Waals surface area contributed by atoms with Crippen LogP contribution in [0.1, 0.15) is 17.0 Å². The summed E-state index contributed by atoms with van der Waals surface area (Å²) in [6.45, 7) is 3.81. The smallest absolute Gasteiger partial charge is 0.164 e. The van der Waals surface area contributed by atoms with E-state index in [1.165, 1.54) is 19.2 Å². The van der Waals surface area contributed by atoms with Gasteiger partial charge in [0.15, 0.2) is 11.5 Å². The summed E-state index contributed by atoms with van der Waals surface area (Å²) < 4.78 is 5.05. The van der Waals surface area contributed by atoms with Crippen LogP contribution < -0.4 is 4.74 Å². The molecule has 1 atom stereocenters. The summed E-state index contributed by atoms with van der Waals surface area (Å²) in [5.41, 5.74) is 1.55. The first-order valence-electron chi connectivity index (χ1n) is 5.94. The fraction of sp³-hybridized carbons (Fsp3) is 0.125. The summed E-state index contributed by atoms with van der Waals surface area (Å²) in [6.07, 6.45) is 1.73. The van der Waals surface area contributed by atoms with Gasteiger partial charge in [0.25, 0.3) is 0 Å². The third-order valence-corrected chi connectivity index (χ3v) is 3.04. The average Bonchev–Trinajstić information content (AvgIpc) is 2.44. The van der Waals surface area contributed by atoms with E-state index in [9.17, 15) is 10.2 Å². The first-order chi connectivity index (χ1) is 9.17. The number of phenols is 2. The molecule has 0 amide bonds. The highest BCUT2D eigenvalue weighted by molar-refractivity contribution is 5.55. The molecular weight excluding hydrogens is 240 g/mol. The van der Waals surface area contributed by atoms with Crippen molar-refractivity contribution in [3.05, 3.63) is 66.2 Å². The molecule has 98 valence electrons. The molecule has 0 spiro atoms. The Morgan fingerprint density at radius 2 is 1.84 bits per heavy atom. The molecule has 0 radical (unpaired) electrons. The van der Waals surface area contributed by atoms with Gasteiger partial charge in [0.2, 0.25) is 0 Å². The molecule has 2 aromatic rings. The van der Waals surface area contributed by atoms with E-state index in [0.29, 0.717) is 5.56 Å². The molecule has 0 saturated carbocycles. The van der Waals surface area contributed by atoms with Gasteiger partial charge in [0.1, 0.15) is 5.75 Å². The second-order valence-electron chi connectivity index (χ2n) is 4.21. The Bertz CT molecular complexity index is 576. The van der Waals surface area contributed by atoms with Crippen molar-refractivity contribution in [3.63, 3.8) is 0 Å². The van der Waals surface area contributed by atoms with Crippen molar-refractivity contribution in [1.82, 2.24) is 0 Å². The predicted octanol–water partition coefficient (Wildman–Crippen LogP) is 3.42. The second kappa shape index (κ2) is 5.48. The third kappa shape index (κ3) is 2.55. The topological polar surface area (TPSA) is 49.7 Å². The maximum absolute atomic E-state index is 10.2. The molecule has 1 unspecified atom stereocenters. The van der Waals surface area contributed by atoms with Crippen molar-refractivity contribution in [2.24, 2.45) is 0 Å². The van der Waals surface area contributed by atoms with Gasteiger partial charge in [-0.2, -0.15) is 0 Å². The highest BCUT2D eigenvalue weighted by Gasteiger charge is 2.18. The summed E-state index contributed by atoms with van der Waals surface area (Å²) in [5.74, 6) is 0.112. The van der Waals surface area contributed by atoms with Crippen LogP contribution in [0.2, 0.25) is 0 Å². The van der Waals surface area contributed by atoms with E-state index < -0.39 is 0 Å². The lowest BCUT2D eigenvalue weighted by Crippen LogP contribution is -1.99. The summed E-state index contributed by atoms with van der Waals surface area (Å²) in [7, 11) is 1.45. The zero-order valence-corrected chi connectivity index (χ0v) is 10.7. The monoisotopic (exact) mass is 256 g/mol. The SMILES string of the molecule is C=CC(c1ccccc1)c1cc(O)cc(OC)c1O. The maximum Gasteiger partial charge on any atom is 0.164 e. The van der Waals surface area contributed by atoms with Gasteiger partial charge in [0, 0.05) is 17.5 Å². The standard InChI is InChI=1S/C16H16O3/c1-3-13(11-7-5-4-6-8-11)14-9-12(17)10-15(19-2)16(14)18/h3-10,13,17-18H,1H2,2H3. The molecule has 2 N–H and O–H groups in total. The van der Waals surface area contributed by atoms with Gasteiger partial charge in [-0.15, -0.1) is 6.58 Å². The summed E-state index contributed by atoms with van der Waals surface area (Å²) in [4.78, 5) is 0. The summed E-state index contributed by atoms with van der Waals surface area (Å²) in [6, 6.07) is 12.6. The van der Waals surface area contributed by atoms with E-state index in [0.717, 1.165) is 5.56 Å². The summed E-state index contributed by atoms with van der Waals surface area (Å²) >= 11 is 0. The Labute approximate surface area is 112 Å². The van der Waals surface area contributed by atoms with E-state index in [2.05, 4.69) is 6.58 Å². The van der Waals surface area contributed by atoms with Crippen LogP contribution in [0.25, 0.3) is 0 Å². The molecular formula is C16H16O3. The predicted molar refractivity (Wildman–Crippen MR) is 74.8 cm³/mol. The van der Waals surface area contributed by atoms with Gasteiger partial charge >= 0.3 is 0 Å². The molecule has 2 rings (SSSR count). The van der Waals surface area contributed by atoms with Crippen molar-refractivity contribution < 1.29 is 14.9 Å². The van der Waals surface area contributed by atoms with Crippen LogP contribution in [0.5, 0.6) is 17.2 Å². The number of ether oxygens (including phenoxy) is 1. The molecule has 0 saturated heterocycles. The minimum atomic E-state index is -0.206. The fourth-order valence-corrected chi connectivity index (χ4v) is 2.11. The number of allylic oxidation sites excluding steroid dienone is 1. The number of phenolic OH excluding ortho intramolecular Hbond substituents is 2. The highest BCUT2D eigenvalue weighted by atomic mass is 16.5. The van der Waals surface area contributed by atoms with Gasteiger partial charge < -0.3 is 14.9 Å². The normalized spacial score (nSPS) is 11.8. The van der Waals surface area contributed by atoms with Crippen molar-refractivity contribution in [2.45, 2.75) is 5.92 Å². The quantitative estimate of drug-likeness (QED) is 0.651. The van der Waals surface area contributed by atoms with E-state index in [1.807, 2.05) is 30.3 Å². The molecule has 0 aromatic heterocycles. The second-order valence-corrected chi connectivity index (χ2v) is 4.21. The molecule has 3 heteroatoms. The highest BCUT2D eigenvalue weighted by Crippen LogP contribution is 2.40. The van der Waals surface area contributed by atoms with Gasteiger partial charge in [-0.1, -0.05) is 36.4 Å². The minimum absolute atomic E-state index is 0.0223. The van der Waals surface area contributed by atoms with Crippen LogP contribution in [-0.2, 0) is 0 Å². The molecule has 19 heavy (non-hydrogen) atoms. The first-order valence-corrected chi connectivity index (χ1v) is 5.94. The lowest BCUT2D eigenvalue weighted by atomic mass is 9.90. The van der Waals surface area contributed by atoms with E-state index >= 15 is 0 Å². The van der Waals surface area contributed by atoms with Crippen LogP contribution in [0.15, 0.2) is 55.1 Å². The Balaban J connectivity index is 2.56. The molecule has 2 aromatic carbocycles. The van der Waals surface area contributed by atoms with Crippen LogP contribution in [-0.4, -0.2) is 17.3 Å². The number of aromatic hydroxyl groups is 2. The van der Waals surface area contributed by atoms with Crippen molar-refractivity contribution in [1.29, 1.82) is 0 Å². The molecule has 0 heterocycles. The van der Waals surface area contributed by atoms with Crippen LogP contribution in [0, 0.1) is 0 Å². The first kappa shape index (κ1) is 13.0. The molecule has 0 aliphatic carbocycles. The lowest BCUT2D eigenvalue weighted by Gasteiger charge is -2.17. The van der Waals surface area contributed by atoms with Gasteiger partial charge in [-0.25, -0.2) is 0 Å². The number of hydrogen-bond acceptors (Lipinski definition) is 3. The number of hydrogen-bond donors (Lipinski definition) is 2. The van der Waals surface area contributed by atoms with Crippen molar-refractivity contribution in [2.75, 3.05) is 7.11 Å². The summed E-state index contributed by atoms with van der Waals surface area (Å²) in [5, 5.41) is 19.9. The number of rotatable bonds is 4. The Kier molecular flexibility index (Phi) is 3.76. The van der Waals surface area contributed by atoms with Crippen LogP contribution in [0.4, 0.5) is 0 Å². The van der Waals surface area contributed by atoms with Gasteiger partial charge in [-0.3, -0.25) is 0 Å². The fourth-order valence-electron chi connectivity index (χ4n) is 2.11. The maximum atomic E-state index is 10.2. The van der Waals surface area contributed by atoms with E-state index in [1.54, 1.807) is 6.08 Å². The average molecular weight is 256 g/mol. The molecule has 0 aliphatic heterocycles. The zero-order chi connectivity index (χ0) is 13.8. The lowest BCUT2D eigenvalue weighted by molar-refractivity contribution is 0.365. The molecule has 0 fully saturated rings. The Morgan fingerprint density at radius 1 is 1.16 bits per heavy atom. The van der Waals surface area contributed by atoms with Crippen molar-refractivity contribution >= 4 is 0 Å². The van der Waals surface area contributed by atoms with Gasteiger partial charge in [0.05, 0.1) is 7.11 Å². The Morgan fingerprint density at radius 3 is 2.42 bits per heavy atom. The minimum Gasteiger partial charge on any atom is -0.508 e. The van der Waals surface area contributed by atoms with Crippen molar-refractivity contribution in [3.8, 4) is 17.2 Å². The number of benzene rings is 2. The zero-order valence-electron chi connectivity index (χ0n) is 10.7. The third-order valence-electron chi connectivity index (χ3n) is 3.04.